The maximum atomic E-state index is 12.2. The van der Waals surface area contributed by atoms with E-state index in [1.54, 1.807) is 21.7 Å². The molecule has 1 saturated heterocycles. The molecule has 3 rings (SSSR count). The number of rotatable bonds is 1. The summed E-state index contributed by atoms with van der Waals surface area (Å²) in [5.41, 5.74) is 5.96. The maximum Gasteiger partial charge on any atom is 0.410 e. The Morgan fingerprint density at radius 2 is 2.08 bits per heavy atom. The highest BCUT2D eigenvalue weighted by Crippen LogP contribution is 2.21. The van der Waals surface area contributed by atoms with Gasteiger partial charge in [-0.2, -0.15) is 19.6 Å². The van der Waals surface area contributed by atoms with Crippen LogP contribution in [0.3, 0.4) is 0 Å². The van der Waals surface area contributed by atoms with E-state index in [9.17, 15) is 4.79 Å². The molecule has 0 radical (unpaired) electrons. The van der Waals surface area contributed by atoms with Gasteiger partial charge in [-0.3, -0.25) is 0 Å². The van der Waals surface area contributed by atoms with Gasteiger partial charge in [0.25, 0.3) is 0 Å². The molecular weight excluding hydrogens is 310 g/mol. The molecule has 0 spiro atoms. The molecule has 2 aromatic heterocycles. The number of anilines is 2. The Hall–Kier alpha value is -2.58. The summed E-state index contributed by atoms with van der Waals surface area (Å²) in [6.45, 7) is 9.33. The summed E-state index contributed by atoms with van der Waals surface area (Å²) in [5.74, 6) is 0.846. The Morgan fingerprint density at radius 1 is 1.33 bits per heavy atom. The summed E-state index contributed by atoms with van der Waals surface area (Å²) in [4.78, 5) is 24.5. The van der Waals surface area contributed by atoms with Crippen LogP contribution in [0.2, 0.25) is 0 Å². The van der Waals surface area contributed by atoms with Crippen molar-refractivity contribution in [1.29, 1.82) is 0 Å². The standard InChI is InChI=1S/C15H23N7O2/c1-10-9-20(14(23)24-15(2,3)4)7-8-21(10)13-19-12(16)18-11-5-6-17-22(11)13/h5-6,10H,7-9H2,1-4H3,(H2,16,18)/t10-/m0/s1. The second kappa shape index (κ2) is 5.81. The average molecular weight is 333 g/mol. The number of amides is 1. The van der Waals surface area contributed by atoms with E-state index in [1.165, 1.54) is 0 Å². The largest absolute Gasteiger partial charge is 0.444 e. The Labute approximate surface area is 140 Å². The van der Waals surface area contributed by atoms with Crippen LogP contribution < -0.4 is 10.6 Å². The van der Waals surface area contributed by atoms with Gasteiger partial charge in [-0.15, -0.1) is 0 Å². The number of ether oxygens (including phenoxy) is 1. The minimum Gasteiger partial charge on any atom is -0.444 e. The van der Waals surface area contributed by atoms with Gasteiger partial charge in [0, 0.05) is 31.7 Å². The molecule has 1 aliphatic heterocycles. The van der Waals surface area contributed by atoms with Crippen LogP contribution >= 0.6 is 0 Å². The van der Waals surface area contributed by atoms with Crippen LogP contribution in [0.15, 0.2) is 12.3 Å². The van der Waals surface area contributed by atoms with E-state index in [0.29, 0.717) is 31.2 Å². The van der Waals surface area contributed by atoms with Crippen molar-refractivity contribution in [3.05, 3.63) is 12.3 Å². The number of piperazine rings is 1. The van der Waals surface area contributed by atoms with E-state index in [-0.39, 0.29) is 18.1 Å². The van der Waals surface area contributed by atoms with Gasteiger partial charge in [0.15, 0.2) is 5.65 Å². The van der Waals surface area contributed by atoms with Crippen LogP contribution in [0.1, 0.15) is 27.7 Å². The fourth-order valence-corrected chi connectivity index (χ4v) is 2.76. The molecule has 9 nitrogen and oxygen atoms in total. The van der Waals surface area contributed by atoms with Gasteiger partial charge in [-0.1, -0.05) is 0 Å². The first-order valence-corrected chi connectivity index (χ1v) is 7.96. The van der Waals surface area contributed by atoms with Crippen LogP contribution in [0.25, 0.3) is 5.65 Å². The summed E-state index contributed by atoms with van der Waals surface area (Å²) in [6, 6.07) is 1.83. The molecule has 1 aliphatic rings. The number of hydrogen-bond donors (Lipinski definition) is 1. The van der Waals surface area contributed by atoms with Crippen molar-refractivity contribution >= 4 is 23.6 Å². The fourth-order valence-electron chi connectivity index (χ4n) is 2.76. The van der Waals surface area contributed by atoms with Crippen molar-refractivity contribution in [2.24, 2.45) is 0 Å². The molecule has 24 heavy (non-hydrogen) atoms. The number of fused-ring (bicyclic) bond motifs is 1. The third kappa shape index (κ3) is 3.19. The number of aromatic nitrogens is 4. The summed E-state index contributed by atoms with van der Waals surface area (Å²) in [7, 11) is 0. The first-order valence-electron chi connectivity index (χ1n) is 7.96. The molecule has 2 aromatic rings. The highest BCUT2D eigenvalue weighted by atomic mass is 16.6. The first kappa shape index (κ1) is 16.3. The molecule has 1 amide bonds. The molecule has 0 bridgehead atoms. The van der Waals surface area contributed by atoms with Crippen molar-refractivity contribution in [2.75, 3.05) is 30.3 Å². The van der Waals surface area contributed by atoms with Crippen molar-refractivity contribution in [3.63, 3.8) is 0 Å². The van der Waals surface area contributed by atoms with Gasteiger partial charge in [0.2, 0.25) is 11.9 Å². The molecule has 1 atom stereocenters. The van der Waals surface area contributed by atoms with E-state index < -0.39 is 5.60 Å². The molecule has 0 aliphatic carbocycles. The summed E-state index contributed by atoms with van der Waals surface area (Å²) < 4.78 is 7.11. The lowest BCUT2D eigenvalue weighted by molar-refractivity contribution is 0.0218. The van der Waals surface area contributed by atoms with Crippen molar-refractivity contribution in [1.82, 2.24) is 24.5 Å². The Bertz CT molecular complexity index is 752. The van der Waals surface area contributed by atoms with Gasteiger partial charge < -0.3 is 20.3 Å². The smallest absolute Gasteiger partial charge is 0.410 e. The molecule has 130 valence electrons. The van der Waals surface area contributed by atoms with Crippen molar-refractivity contribution < 1.29 is 9.53 Å². The van der Waals surface area contributed by atoms with Gasteiger partial charge in [0.1, 0.15) is 5.60 Å². The summed E-state index contributed by atoms with van der Waals surface area (Å²) >= 11 is 0. The number of nitrogens with zero attached hydrogens (tertiary/aromatic N) is 6. The number of hydrogen-bond acceptors (Lipinski definition) is 7. The minimum atomic E-state index is -0.500. The summed E-state index contributed by atoms with van der Waals surface area (Å²) in [5, 5.41) is 4.26. The third-order valence-electron chi connectivity index (χ3n) is 3.79. The van der Waals surface area contributed by atoms with Crippen LogP contribution in [0, 0.1) is 0 Å². The van der Waals surface area contributed by atoms with E-state index in [0.717, 1.165) is 0 Å². The second-order valence-electron chi connectivity index (χ2n) is 6.95. The zero-order valence-corrected chi connectivity index (χ0v) is 14.4. The van der Waals surface area contributed by atoms with E-state index in [4.69, 9.17) is 10.5 Å². The quantitative estimate of drug-likeness (QED) is 0.835. The Kier molecular flexibility index (Phi) is 3.94. The fraction of sp³-hybridized carbons (Fsp3) is 0.600. The number of carbonyl (C=O) groups excluding carboxylic acids is 1. The zero-order valence-electron chi connectivity index (χ0n) is 14.4. The summed E-state index contributed by atoms with van der Waals surface area (Å²) in [6.07, 6.45) is 1.37. The lowest BCUT2D eigenvalue weighted by Gasteiger charge is -2.40. The molecular formula is C15H23N7O2. The van der Waals surface area contributed by atoms with Crippen LogP contribution in [0.4, 0.5) is 16.7 Å². The Morgan fingerprint density at radius 3 is 2.75 bits per heavy atom. The zero-order chi connectivity index (χ0) is 17.5. The highest BCUT2D eigenvalue weighted by molar-refractivity contribution is 5.68. The van der Waals surface area contributed by atoms with Crippen molar-refractivity contribution in [2.45, 2.75) is 39.3 Å². The predicted octanol–water partition coefficient (Wildman–Crippen LogP) is 1.15. The Balaban J connectivity index is 1.78. The van der Waals surface area contributed by atoms with Crippen LogP contribution in [0.5, 0.6) is 0 Å². The van der Waals surface area contributed by atoms with E-state index >= 15 is 0 Å². The molecule has 0 aromatic carbocycles. The topological polar surface area (TPSA) is 102 Å². The molecule has 9 heteroatoms. The number of nitrogen functional groups attached to an aromatic ring is 1. The number of nitrogens with two attached hydrogens (primary N) is 1. The van der Waals surface area contributed by atoms with Gasteiger partial charge in [-0.25, -0.2) is 4.79 Å². The van der Waals surface area contributed by atoms with Gasteiger partial charge >= 0.3 is 6.09 Å². The van der Waals surface area contributed by atoms with Crippen LogP contribution in [-0.4, -0.2) is 61.9 Å². The first-order chi connectivity index (χ1) is 11.2. The normalized spacial score (nSPS) is 18.9. The molecule has 2 N–H and O–H groups in total. The maximum absolute atomic E-state index is 12.2. The molecule has 3 heterocycles. The monoisotopic (exact) mass is 333 g/mol. The van der Waals surface area contributed by atoms with Crippen molar-refractivity contribution in [3.8, 4) is 0 Å². The lowest BCUT2D eigenvalue weighted by Crippen LogP contribution is -2.55. The lowest BCUT2D eigenvalue weighted by atomic mass is 10.2. The average Bonchev–Trinajstić information content (AvgIpc) is 2.92. The minimum absolute atomic E-state index is 0.0490. The van der Waals surface area contributed by atoms with Crippen LogP contribution in [-0.2, 0) is 4.74 Å². The van der Waals surface area contributed by atoms with Gasteiger partial charge in [0.05, 0.1) is 6.20 Å². The SMILES string of the molecule is C[C@H]1CN(C(=O)OC(C)(C)C)CCN1c1nc(N)nc2ccnn12. The molecule has 0 unspecified atom stereocenters. The van der Waals surface area contributed by atoms with E-state index in [2.05, 4.69) is 20.0 Å². The van der Waals surface area contributed by atoms with E-state index in [1.807, 2.05) is 27.7 Å². The number of carbonyl (C=O) groups is 1. The molecule has 1 fully saturated rings. The predicted molar refractivity (Wildman–Crippen MR) is 89.8 cm³/mol. The second-order valence-corrected chi connectivity index (χ2v) is 6.95. The third-order valence-corrected chi connectivity index (χ3v) is 3.79. The molecule has 0 saturated carbocycles. The van der Waals surface area contributed by atoms with Gasteiger partial charge in [-0.05, 0) is 27.7 Å². The highest BCUT2D eigenvalue weighted by Gasteiger charge is 2.31.